The van der Waals surface area contributed by atoms with Gasteiger partial charge in [0.15, 0.2) is 0 Å². The van der Waals surface area contributed by atoms with E-state index in [2.05, 4.69) is 10.3 Å². The first-order chi connectivity index (χ1) is 12.5. The molecule has 0 atom stereocenters. The largest absolute Gasteiger partial charge is 0.379 e. The van der Waals surface area contributed by atoms with Crippen LogP contribution in [0.2, 0.25) is 0 Å². The van der Waals surface area contributed by atoms with Crippen molar-refractivity contribution in [2.45, 2.75) is 19.2 Å². The molecule has 1 saturated heterocycles. The van der Waals surface area contributed by atoms with Gasteiger partial charge in [0.05, 0.1) is 24.0 Å². The van der Waals surface area contributed by atoms with E-state index in [9.17, 15) is 13.2 Å². The van der Waals surface area contributed by atoms with E-state index in [1.165, 1.54) is 15.6 Å². The van der Waals surface area contributed by atoms with E-state index in [1.54, 1.807) is 17.5 Å². The van der Waals surface area contributed by atoms with Crippen molar-refractivity contribution in [3.8, 4) is 0 Å². The van der Waals surface area contributed by atoms with E-state index < -0.39 is 10.0 Å². The lowest BCUT2D eigenvalue weighted by Crippen LogP contribution is -2.41. The smallest absolute Gasteiger partial charge is 0.271 e. The highest BCUT2D eigenvalue weighted by atomic mass is 32.2. The molecule has 26 heavy (non-hydrogen) atoms. The fourth-order valence-electron chi connectivity index (χ4n) is 2.72. The monoisotopic (exact) mass is 395 g/mol. The van der Waals surface area contributed by atoms with E-state index in [1.807, 2.05) is 19.1 Å². The Bertz CT molecular complexity index is 874. The third-order valence-electron chi connectivity index (χ3n) is 4.11. The van der Waals surface area contributed by atoms with Gasteiger partial charge in [-0.2, -0.15) is 4.31 Å². The molecule has 1 fully saturated rings. The number of ether oxygens (including phenoxy) is 1. The van der Waals surface area contributed by atoms with Crippen molar-refractivity contribution >= 4 is 27.3 Å². The van der Waals surface area contributed by atoms with Gasteiger partial charge in [0.25, 0.3) is 5.91 Å². The molecule has 2 aromatic rings. The molecule has 1 aromatic heterocycles. The quantitative estimate of drug-likeness (QED) is 0.802. The SMILES string of the molecule is Cc1nc(C(=O)NCc2ccccc2CS(=O)(=O)N2CCOCC2)cs1. The second-order valence-corrected chi connectivity index (χ2v) is 9.00. The standard InChI is InChI=1S/C17H21N3O4S2/c1-13-19-16(11-25-13)17(21)18-10-14-4-2-3-5-15(14)12-26(22,23)20-6-8-24-9-7-20/h2-5,11H,6-10,12H2,1H3,(H,18,21). The number of nitrogens with zero attached hydrogens (tertiary/aromatic N) is 2. The van der Waals surface area contributed by atoms with Crippen LogP contribution in [-0.2, 0) is 27.1 Å². The number of hydrogen-bond acceptors (Lipinski definition) is 6. The average molecular weight is 396 g/mol. The predicted octanol–water partition coefficient (Wildman–Crippen LogP) is 1.54. The molecular formula is C17H21N3O4S2. The Hall–Kier alpha value is -1.81. The van der Waals surface area contributed by atoms with Crippen LogP contribution in [0.15, 0.2) is 29.6 Å². The summed E-state index contributed by atoms with van der Waals surface area (Å²) in [5, 5.41) is 5.34. The fourth-order valence-corrected chi connectivity index (χ4v) is 4.87. The topological polar surface area (TPSA) is 88.6 Å². The molecule has 140 valence electrons. The maximum atomic E-state index is 12.6. The maximum absolute atomic E-state index is 12.6. The second kappa shape index (κ2) is 8.26. The van der Waals surface area contributed by atoms with E-state index in [4.69, 9.17) is 4.74 Å². The zero-order valence-corrected chi connectivity index (χ0v) is 16.1. The van der Waals surface area contributed by atoms with Crippen molar-refractivity contribution in [3.63, 3.8) is 0 Å². The number of nitrogens with one attached hydrogen (secondary N) is 1. The lowest BCUT2D eigenvalue weighted by molar-refractivity contribution is 0.0729. The highest BCUT2D eigenvalue weighted by Gasteiger charge is 2.25. The van der Waals surface area contributed by atoms with Crippen LogP contribution < -0.4 is 5.32 Å². The Balaban J connectivity index is 1.68. The molecular weight excluding hydrogens is 374 g/mol. The van der Waals surface area contributed by atoms with Crippen molar-refractivity contribution in [1.29, 1.82) is 0 Å². The first-order valence-electron chi connectivity index (χ1n) is 8.28. The summed E-state index contributed by atoms with van der Waals surface area (Å²) in [4.78, 5) is 16.3. The Morgan fingerprint density at radius 1 is 1.27 bits per heavy atom. The van der Waals surface area contributed by atoms with Gasteiger partial charge in [-0.25, -0.2) is 13.4 Å². The van der Waals surface area contributed by atoms with Crippen LogP contribution in [0.1, 0.15) is 26.6 Å². The Kier molecular flexibility index (Phi) is 6.02. The molecule has 0 aliphatic carbocycles. The Morgan fingerprint density at radius 3 is 2.62 bits per heavy atom. The van der Waals surface area contributed by atoms with Gasteiger partial charge in [-0.05, 0) is 18.1 Å². The third kappa shape index (κ3) is 4.67. The van der Waals surface area contributed by atoms with Gasteiger partial charge < -0.3 is 10.1 Å². The number of rotatable bonds is 6. The molecule has 0 radical (unpaired) electrons. The second-order valence-electron chi connectivity index (χ2n) is 5.97. The molecule has 1 aromatic carbocycles. The molecule has 0 unspecified atom stereocenters. The molecule has 1 aliphatic rings. The number of carbonyl (C=O) groups excluding carboxylic acids is 1. The van der Waals surface area contributed by atoms with Gasteiger partial charge in [0.1, 0.15) is 5.69 Å². The van der Waals surface area contributed by atoms with Crippen molar-refractivity contribution in [3.05, 3.63) is 51.5 Å². The normalized spacial score (nSPS) is 15.7. The summed E-state index contributed by atoms with van der Waals surface area (Å²) in [6, 6.07) is 7.25. The van der Waals surface area contributed by atoms with Gasteiger partial charge in [-0.1, -0.05) is 24.3 Å². The molecule has 2 heterocycles. The van der Waals surface area contributed by atoms with Crippen molar-refractivity contribution < 1.29 is 17.9 Å². The minimum atomic E-state index is -3.42. The summed E-state index contributed by atoms with van der Waals surface area (Å²) in [5.74, 6) is -0.352. The zero-order valence-electron chi connectivity index (χ0n) is 14.5. The molecule has 1 N–H and O–H groups in total. The summed E-state index contributed by atoms with van der Waals surface area (Å²) < 4.78 is 32.0. The summed E-state index contributed by atoms with van der Waals surface area (Å²) >= 11 is 1.41. The zero-order chi connectivity index (χ0) is 18.6. The first-order valence-corrected chi connectivity index (χ1v) is 10.8. The Morgan fingerprint density at radius 2 is 1.96 bits per heavy atom. The number of sulfonamides is 1. The lowest BCUT2D eigenvalue weighted by atomic mass is 10.1. The van der Waals surface area contributed by atoms with Gasteiger partial charge >= 0.3 is 0 Å². The van der Waals surface area contributed by atoms with Gasteiger partial charge in [0, 0.05) is 25.0 Å². The number of aryl methyl sites for hydroxylation is 1. The van der Waals surface area contributed by atoms with E-state index in [-0.39, 0.29) is 18.2 Å². The van der Waals surface area contributed by atoms with E-state index >= 15 is 0 Å². The first kappa shape index (κ1) is 19.0. The Labute approximate surface area is 157 Å². The van der Waals surface area contributed by atoms with Crippen LogP contribution in [0.5, 0.6) is 0 Å². The van der Waals surface area contributed by atoms with Crippen molar-refractivity contribution in [2.24, 2.45) is 0 Å². The molecule has 0 spiro atoms. The number of thiazole rings is 1. The molecule has 1 aliphatic heterocycles. The molecule has 0 saturated carbocycles. The summed E-state index contributed by atoms with van der Waals surface area (Å²) in [5.41, 5.74) is 1.85. The highest BCUT2D eigenvalue weighted by molar-refractivity contribution is 7.88. The van der Waals surface area contributed by atoms with Crippen LogP contribution in [0, 0.1) is 6.92 Å². The van der Waals surface area contributed by atoms with Crippen LogP contribution in [0.3, 0.4) is 0 Å². The highest BCUT2D eigenvalue weighted by Crippen LogP contribution is 2.17. The van der Waals surface area contributed by atoms with E-state index in [0.717, 1.165) is 10.6 Å². The molecule has 7 nitrogen and oxygen atoms in total. The van der Waals surface area contributed by atoms with Crippen LogP contribution in [-0.4, -0.2) is 49.9 Å². The van der Waals surface area contributed by atoms with Gasteiger partial charge in [-0.3, -0.25) is 4.79 Å². The third-order valence-corrected chi connectivity index (χ3v) is 6.71. The maximum Gasteiger partial charge on any atom is 0.271 e. The number of morpholine rings is 1. The number of amides is 1. The summed E-state index contributed by atoms with van der Waals surface area (Å²) in [7, 11) is -3.42. The number of aromatic nitrogens is 1. The fraction of sp³-hybridized carbons (Fsp3) is 0.412. The molecule has 3 rings (SSSR count). The van der Waals surface area contributed by atoms with Gasteiger partial charge in [0.2, 0.25) is 10.0 Å². The van der Waals surface area contributed by atoms with Crippen LogP contribution in [0.4, 0.5) is 0 Å². The van der Waals surface area contributed by atoms with Crippen LogP contribution in [0.25, 0.3) is 0 Å². The minimum absolute atomic E-state index is 0.0884. The summed E-state index contributed by atoms with van der Waals surface area (Å²) in [6.45, 7) is 3.69. The van der Waals surface area contributed by atoms with Gasteiger partial charge in [-0.15, -0.1) is 11.3 Å². The van der Waals surface area contributed by atoms with E-state index in [0.29, 0.717) is 37.6 Å². The number of hydrogen-bond donors (Lipinski definition) is 1. The van der Waals surface area contributed by atoms with Crippen molar-refractivity contribution in [1.82, 2.24) is 14.6 Å². The minimum Gasteiger partial charge on any atom is -0.379 e. The number of carbonyl (C=O) groups is 1. The number of benzene rings is 1. The predicted molar refractivity (Wildman–Crippen MR) is 99.5 cm³/mol. The average Bonchev–Trinajstić information content (AvgIpc) is 3.08. The van der Waals surface area contributed by atoms with Crippen LogP contribution >= 0.6 is 11.3 Å². The lowest BCUT2D eigenvalue weighted by Gasteiger charge is -2.26. The molecule has 0 bridgehead atoms. The molecule has 9 heteroatoms. The molecule has 1 amide bonds. The van der Waals surface area contributed by atoms with Crippen molar-refractivity contribution in [2.75, 3.05) is 26.3 Å². The summed E-state index contributed by atoms with van der Waals surface area (Å²) in [6.07, 6.45) is 0.